The van der Waals surface area contributed by atoms with Gasteiger partial charge in [-0.25, -0.2) is 0 Å². The van der Waals surface area contributed by atoms with Crippen LogP contribution in [-0.2, 0) is 5.54 Å². The van der Waals surface area contributed by atoms with E-state index in [0.717, 1.165) is 25.9 Å². The normalized spacial score (nSPS) is 20.7. The fourth-order valence-electron chi connectivity index (χ4n) is 2.05. The summed E-state index contributed by atoms with van der Waals surface area (Å²) in [5, 5.41) is 3.34. The molecule has 1 aliphatic rings. The van der Waals surface area contributed by atoms with Crippen molar-refractivity contribution < 1.29 is 0 Å². The Kier molecular flexibility index (Phi) is 2.57. The molecule has 1 fully saturated rings. The predicted molar refractivity (Wildman–Crippen MR) is 59.1 cm³/mol. The molecule has 0 bridgehead atoms. The lowest BCUT2D eigenvalue weighted by molar-refractivity contribution is 0.317. The first-order valence-corrected chi connectivity index (χ1v) is 5.27. The highest BCUT2D eigenvalue weighted by Gasteiger charge is 2.28. The molecule has 1 aromatic rings. The van der Waals surface area contributed by atoms with Gasteiger partial charge < -0.3 is 11.1 Å². The largest absolute Gasteiger partial charge is 0.321 e. The Labute approximate surface area is 85.5 Å². The Hall–Kier alpha value is -0.860. The number of rotatable bonds is 1. The van der Waals surface area contributed by atoms with Crippen molar-refractivity contribution in [1.29, 1.82) is 0 Å². The summed E-state index contributed by atoms with van der Waals surface area (Å²) in [5.74, 6) is 0. The summed E-state index contributed by atoms with van der Waals surface area (Å²) in [6, 6.07) is 8.62. The van der Waals surface area contributed by atoms with E-state index in [2.05, 4.69) is 36.5 Å². The first kappa shape index (κ1) is 9.69. The van der Waals surface area contributed by atoms with Crippen LogP contribution < -0.4 is 11.1 Å². The van der Waals surface area contributed by atoms with Gasteiger partial charge in [0.15, 0.2) is 0 Å². The van der Waals surface area contributed by atoms with Gasteiger partial charge in [-0.15, -0.1) is 0 Å². The number of piperidine rings is 1. The molecule has 2 nitrogen and oxygen atoms in total. The average Bonchev–Trinajstić information content (AvgIpc) is 2.19. The Morgan fingerprint density at radius 1 is 1.14 bits per heavy atom. The summed E-state index contributed by atoms with van der Waals surface area (Å²) in [7, 11) is 0. The minimum atomic E-state index is -0.0983. The molecular weight excluding hydrogens is 172 g/mol. The summed E-state index contributed by atoms with van der Waals surface area (Å²) in [4.78, 5) is 0. The predicted octanol–water partition coefficient (Wildman–Crippen LogP) is 1.53. The van der Waals surface area contributed by atoms with E-state index in [1.165, 1.54) is 11.1 Å². The van der Waals surface area contributed by atoms with Crippen molar-refractivity contribution in [3.63, 3.8) is 0 Å². The van der Waals surface area contributed by atoms with Crippen LogP contribution in [0.5, 0.6) is 0 Å². The molecule has 1 heterocycles. The number of nitrogens with one attached hydrogen (secondary N) is 1. The van der Waals surface area contributed by atoms with Crippen LogP contribution in [0, 0.1) is 6.92 Å². The molecule has 14 heavy (non-hydrogen) atoms. The van der Waals surface area contributed by atoms with Crippen LogP contribution in [0.3, 0.4) is 0 Å². The van der Waals surface area contributed by atoms with E-state index in [0.29, 0.717) is 0 Å². The minimum absolute atomic E-state index is 0.0983. The zero-order valence-corrected chi connectivity index (χ0v) is 8.72. The highest BCUT2D eigenvalue weighted by atomic mass is 14.9. The number of nitrogens with two attached hydrogens (primary N) is 1. The highest BCUT2D eigenvalue weighted by molar-refractivity contribution is 5.28. The SMILES string of the molecule is Cc1ccc(C2(N)CCNCC2)cc1. The third-order valence-electron chi connectivity index (χ3n) is 3.12. The molecule has 0 aliphatic carbocycles. The van der Waals surface area contributed by atoms with Crippen molar-refractivity contribution in [1.82, 2.24) is 5.32 Å². The molecule has 0 aromatic heterocycles. The maximum atomic E-state index is 6.39. The monoisotopic (exact) mass is 190 g/mol. The number of hydrogen-bond acceptors (Lipinski definition) is 2. The van der Waals surface area contributed by atoms with Crippen molar-refractivity contribution in [3.8, 4) is 0 Å². The van der Waals surface area contributed by atoms with Gasteiger partial charge in [-0.3, -0.25) is 0 Å². The molecule has 76 valence electrons. The average molecular weight is 190 g/mol. The Balaban J connectivity index is 2.23. The summed E-state index contributed by atoms with van der Waals surface area (Å²) in [5.41, 5.74) is 8.87. The second-order valence-corrected chi connectivity index (χ2v) is 4.27. The molecule has 2 rings (SSSR count). The summed E-state index contributed by atoms with van der Waals surface area (Å²) < 4.78 is 0. The second kappa shape index (κ2) is 3.71. The van der Waals surface area contributed by atoms with Crippen LogP contribution in [0.1, 0.15) is 24.0 Å². The number of hydrogen-bond donors (Lipinski definition) is 2. The van der Waals surface area contributed by atoms with Gasteiger partial charge >= 0.3 is 0 Å². The van der Waals surface area contributed by atoms with Crippen molar-refractivity contribution >= 4 is 0 Å². The molecule has 1 saturated heterocycles. The van der Waals surface area contributed by atoms with Crippen molar-refractivity contribution in [2.75, 3.05) is 13.1 Å². The van der Waals surface area contributed by atoms with Crippen molar-refractivity contribution in [2.24, 2.45) is 5.73 Å². The first-order valence-electron chi connectivity index (χ1n) is 5.27. The van der Waals surface area contributed by atoms with E-state index in [4.69, 9.17) is 5.73 Å². The Morgan fingerprint density at radius 2 is 1.71 bits per heavy atom. The van der Waals surface area contributed by atoms with E-state index in [1.54, 1.807) is 0 Å². The minimum Gasteiger partial charge on any atom is -0.321 e. The molecule has 0 saturated carbocycles. The molecule has 0 radical (unpaired) electrons. The molecule has 0 unspecified atom stereocenters. The van der Waals surface area contributed by atoms with Gasteiger partial charge in [0, 0.05) is 5.54 Å². The van der Waals surface area contributed by atoms with Crippen LogP contribution in [0.2, 0.25) is 0 Å². The van der Waals surface area contributed by atoms with Gasteiger partial charge in [0.1, 0.15) is 0 Å². The van der Waals surface area contributed by atoms with E-state index in [9.17, 15) is 0 Å². The van der Waals surface area contributed by atoms with Gasteiger partial charge in [-0.2, -0.15) is 0 Å². The lowest BCUT2D eigenvalue weighted by Crippen LogP contribution is -2.46. The molecular formula is C12H18N2. The molecule has 0 spiro atoms. The summed E-state index contributed by atoms with van der Waals surface area (Å²) >= 11 is 0. The van der Waals surface area contributed by atoms with Gasteiger partial charge in [0.2, 0.25) is 0 Å². The Morgan fingerprint density at radius 3 is 2.29 bits per heavy atom. The third-order valence-corrected chi connectivity index (χ3v) is 3.12. The first-order chi connectivity index (χ1) is 6.71. The zero-order valence-electron chi connectivity index (χ0n) is 8.72. The van der Waals surface area contributed by atoms with Crippen LogP contribution in [0.4, 0.5) is 0 Å². The molecule has 0 atom stereocenters. The third kappa shape index (κ3) is 1.81. The summed E-state index contributed by atoms with van der Waals surface area (Å²) in [6.07, 6.45) is 2.08. The topological polar surface area (TPSA) is 38.0 Å². The van der Waals surface area contributed by atoms with Gasteiger partial charge in [-0.1, -0.05) is 29.8 Å². The lowest BCUT2D eigenvalue weighted by atomic mass is 9.82. The van der Waals surface area contributed by atoms with Crippen molar-refractivity contribution in [2.45, 2.75) is 25.3 Å². The highest BCUT2D eigenvalue weighted by Crippen LogP contribution is 2.27. The second-order valence-electron chi connectivity index (χ2n) is 4.27. The van der Waals surface area contributed by atoms with Gasteiger partial charge in [-0.05, 0) is 38.4 Å². The maximum Gasteiger partial charge on any atom is 0.0433 e. The molecule has 2 heteroatoms. The van der Waals surface area contributed by atoms with Crippen LogP contribution in [0.15, 0.2) is 24.3 Å². The molecule has 0 amide bonds. The molecule has 1 aromatic carbocycles. The lowest BCUT2D eigenvalue weighted by Gasteiger charge is -2.34. The standard InChI is InChI=1S/C12H18N2/c1-10-2-4-11(5-3-10)12(13)6-8-14-9-7-12/h2-5,14H,6-9,13H2,1H3. The van der Waals surface area contributed by atoms with E-state index in [-0.39, 0.29) is 5.54 Å². The fraction of sp³-hybridized carbons (Fsp3) is 0.500. The number of benzene rings is 1. The van der Waals surface area contributed by atoms with Crippen molar-refractivity contribution in [3.05, 3.63) is 35.4 Å². The van der Waals surface area contributed by atoms with Crippen LogP contribution in [-0.4, -0.2) is 13.1 Å². The number of aryl methyl sites for hydroxylation is 1. The molecule has 1 aliphatic heterocycles. The van der Waals surface area contributed by atoms with E-state index < -0.39 is 0 Å². The van der Waals surface area contributed by atoms with Crippen LogP contribution >= 0.6 is 0 Å². The van der Waals surface area contributed by atoms with Gasteiger partial charge in [0.05, 0.1) is 0 Å². The zero-order chi connectivity index (χ0) is 10.0. The Bertz CT molecular complexity index is 297. The van der Waals surface area contributed by atoms with Crippen LogP contribution in [0.25, 0.3) is 0 Å². The molecule has 3 N–H and O–H groups in total. The van der Waals surface area contributed by atoms with E-state index >= 15 is 0 Å². The quantitative estimate of drug-likeness (QED) is 0.705. The van der Waals surface area contributed by atoms with E-state index in [1.807, 2.05) is 0 Å². The summed E-state index contributed by atoms with van der Waals surface area (Å²) in [6.45, 7) is 4.17. The fourth-order valence-corrected chi connectivity index (χ4v) is 2.05. The maximum absolute atomic E-state index is 6.39. The smallest absolute Gasteiger partial charge is 0.0433 e. The van der Waals surface area contributed by atoms with Gasteiger partial charge in [0.25, 0.3) is 0 Å².